The van der Waals surface area contributed by atoms with Crippen LogP contribution in [0.3, 0.4) is 0 Å². The summed E-state index contributed by atoms with van der Waals surface area (Å²) < 4.78 is 16.4. The zero-order valence-corrected chi connectivity index (χ0v) is 16.1. The summed E-state index contributed by atoms with van der Waals surface area (Å²) in [5.41, 5.74) is 2.37. The van der Waals surface area contributed by atoms with Crippen LogP contribution in [-0.4, -0.2) is 44.1 Å². The summed E-state index contributed by atoms with van der Waals surface area (Å²) in [6, 6.07) is 7.02. The molecule has 0 aliphatic carbocycles. The average Bonchev–Trinajstić information content (AvgIpc) is 2.95. The molecule has 6 heteroatoms. The number of hydrogen-bond acceptors (Lipinski definition) is 6. The zero-order valence-electron chi connectivity index (χ0n) is 16.1. The highest BCUT2D eigenvalue weighted by Gasteiger charge is 2.31. The van der Waals surface area contributed by atoms with Crippen molar-refractivity contribution in [3.63, 3.8) is 0 Å². The Bertz CT molecular complexity index is 931. The van der Waals surface area contributed by atoms with Crippen molar-refractivity contribution >= 4 is 11.9 Å². The average molecular weight is 369 g/mol. The molecule has 0 spiro atoms. The molecule has 3 rings (SSSR count). The Morgan fingerprint density at radius 1 is 1.19 bits per heavy atom. The number of phenols is 1. The van der Waals surface area contributed by atoms with Gasteiger partial charge in [-0.15, -0.1) is 0 Å². The normalized spacial score (nSPS) is 14.4. The molecule has 6 nitrogen and oxygen atoms in total. The Labute approximate surface area is 158 Å². The molecule has 0 saturated carbocycles. The molecule has 1 N–H and O–H groups in total. The van der Waals surface area contributed by atoms with Crippen LogP contribution in [0.15, 0.2) is 30.0 Å². The van der Waals surface area contributed by atoms with Gasteiger partial charge in [-0.2, -0.15) is 0 Å². The van der Waals surface area contributed by atoms with Crippen molar-refractivity contribution in [3.8, 4) is 23.0 Å². The first-order chi connectivity index (χ1) is 12.8. The Balaban J connectivity index is 2.05. The van der Waals surface area contributed by atoms with Crippen molar-refractivity contribution in [2.24, 2.45) is 0 Å². The summed E-state index contributed by atoms with van der Waals surface area (Å²) in [5, 5.41) is 10.4. The molecule has 1 aliphatic heterocycles. The topological polar surface area (TPSA) is 68.2 Å². The molecule has 1 aliphatic rings. The quantitative estimate of drug-likeness (QED) is 0.815. The van der Waals surface area contributed by atoms with Crippen LogP contribution < -0.4 is 14.2 Å². The SMILES string of the molecule is COc1ccc(OC)c(/C=C2\Oc3c(cc(CN(C)C)c(O)c3C)C2=O)c1. The Morgan fingerprint density at radius 3 is 2.56 bits per heavy atom. The first-order valence-electron chi connectivity index (χ1n) is 8.52. The summed E-state index contributed by atoms with van der Waals surface area (Å²) in [6.45, 7) is 2.27. The summed E-state index contributed by atoms with van der Waals surface area (Å²) in [5.74, 6) is 1.75. The summed E-state index contributed by atoms with van der Waals surface area (Å²) in [6.07, 6.45) is 1.63. The Morgan fingerprint density at radius 2 is 1.93 bits per heavy atom. The lowest BCUT2D eigenvalue weighted by atomic mass is 10.0. The van der Waals surface area contributed by atoms with E-state index in [2.05, 4.69) is 0 Å². The number of carbonyl (C=O) groups is 1. The number of benzene rings is 2. The van der Waals surface area contributed by atoms with Gasteiger partial charge in [-0.3, -0.25) is 4.79 Å². The third-order valence-electron chi connectivity index (χ3n) is 4.45. The van der Waals surface area contributed by atoms with E-state index in [9.17, 15) is 9.90 Å². The number of ketones is 1. The minimum absolute atomic E-state index is 0.149. The number of carbonyl (C=O) groups excluding carboxylic acids is 1. The van der Waals surface area contributed by atoms with E-state index in [-0.39, 0.29) is 17.3 Å². The molecule has 2 aromatic rings. The number of fused-ring (bicyclic) bond motifs is 1. The highest BCUT2D eigenvalue weighted by Crippen LogP contribution is 2.41. The Hall–Kier alpha value is -2.99. The van der Waals surface area contributed by atoms with E-state index in [1.54, 1.807) is 51.5 Å². The van der Waals surface area contributed by atoms with Gasteiger partial charge in [-0.1, -0.05) is 0 Å². The number of methoxy groups -OCH3 is 2. The highest BCUT2D eigenvalue weighted by atomic mass is 16.5. The number of allylic oxidation sites excluding steroid dienone is 1. The van der Waals surface area contributed by atoms with E-state index >= 15 is 0 Å². The van der Waals surface area contributed by atoms with Crippen molar-refractivity contribution < 1.29 is 24.1 Å². The fourth-order valence-electron chi connectivity index (χ4n) is 3.10. The number of rotatable bonds is 5. The Kier molecular flexibility index (Phi) is 5.10. The summed E-state index contributed by atoms with van der Waals surface area (Å²) in [7, 11) is 6.94. The minimum atomic E-state index is -0.224. The fourth-order valence-corrected chi connectivity index (χ4v) is 3.10. The van der Waals surface area contributed by atoms with E-state index in [0.717, 1.165) is 0 Å². The van der Waals surface area contributed by atoms with Gasteiger partial charge < -0.3 is 24.2 Å². The second-order valence-electron chi connectivity index (χ2n) is 6.67. The molecule has 1 heterocycles. The monoisotopic (exact) mass is 369 g/mol. The molecular formula is C21H23NO5. The van der Waals surface area contributed by atoms with Crippen molar-refractivity contribution in [1.29, 1.82) is 0 Å². The van der Waals surface area contributed by atoms with Gasteiger partial charge in [-0.05, 0) is 51.4 Å². The van der Waals surface area contributed by atoms with Gasteiger partial charge in [0.1, 0.15) is 23.0 Å². The van der Waals surface area contributed by atoms with Crippen LogP contribution in [-0.2, 0) is 6.54 Å². The maximum absolute atomic E-state index is 12.9. The van der Waals surface area contributed by atoms with Gasteiger partial charge in [0.2, 0.25) is 5.78 Å². The smallest absolute Gasteiger partial charge is 0.231 e. The third-order valence-corrected chi connectivity index (χ3v) is 4.45. The van der Waals surface area contributed by atoms with E-state index in [0.29, 0.717) is 46.0 Å². The van der Waals surface area contributed by atoms with Crippen LogP contribution in [0.5, 0.6) is 23.0 Å². The summed E-state index contributed by atoms with van der Waals surface area (Å²) in [4.78, 5) is 14.8. The molecule has 0 saturated heterocycles. The number of ether oxygens (including phenoxy) is 3. The molecule has 0 radical (unpaired) electrons. The first-order valence-corrected chi connectivity index (χ1v) is 8.52. The largest absolute Gasteiger partial charge is 0.507 e. The van der Waals surface area contributed by atoms with Gasteiger partial charge in [0.05, 0.1) is 19.8 Å². The van der Waals surface area contributed by atoms with Gasteiger partial charge in [0, 0.05) is 23.2 Å². The van der Waals surface area contributed by atoms with Gasteiger partial charge in [0.25, 0.3) is 0 Å². The molecule has 142 valence electrons. The second kappa shape index (κ2) is 7.32. The van der Waals surface area contributed by atoms with Crippen LogP contribution in [0.1, 0.15) is 27.0 Å². The molecule has 0 aromatic heterocycles. The number of Topliss-reactive ketones (excluding diaryl/α,β-unsaturated/α-hetero) is 1. The van der Waals surface area contributed by atoms with Crippen LogP contribution in [0.2, 0.25) is 0 Å². The standard InChI is InChI=1S/C21H23NO5/c1-12-19(23)14(11-22(2)3)9-16-20(24)18(27-21(12)16)10-13-8-15(25-4)6-7-17(13)26-5/h6-10,23H,11H2,1-5H3/b18-10-. The number of hydrogen-bond donors (Lipinski definition) is 1. The van der Waals surface area contributed by atoms with Gasteiger partial charge >= 0.3 is 0 Å². The van der Waals surface area contributed by atoms with E-state index < -0.39 is 0 Å². The number of nitrogens with zero attached hydrogens (tertiary/aromatic N) is 1. The van der Waals surface area contributed by atoms with E-state index in [1.807, 2.05) is 19.0 Å². The van der Waals surface area contributed by atoms with Crippen molar-refractivity contribution in [3.05, 3.63) is 52.3 Å². The highest BCUT2D eigenvalue weighted by molar-refractivity contribution is 6.15. The van der Waals surface area contributed by atoms with Crippen molar-refractivity contribution in [2.75, 3.05) is 28.3 Å². The van der Waals surface area contributed by atoms with Crippen LogP contribution in [0.25, 0.3) is 6.08 Å². The predicted octanol–water partition coefficient (Wildman–Crippen LogP) is 3.40. The number of aromatic hydroxyl groups is 1. The number of phenolic OH excluding ortho intramolecular Hbond substituents is 1. The molecule has 0 amide bonds. The lowest BCUT2D eigenvalue weighted by Gasteiger charge is -2.14. The molecule has 0 fully saturated rings. The lowest BCUT2D eigenvalue weighted by Crippen LogP contribution is -2.11. The van der Waals surface area contributed by atoms with Crippen LogP contribution in [0, 0.1) is 6.92 Å². The second-order valence-corrected chi connectivity index (χ2v) is 6.67. The molecule has 2 aromatic carbocycles. The summed E-state index contributed by atoms with van der Waals surface area (Å²) >= 11 is 0. The van der Waals surface area contributed by atoms with Crippen molar-refractivity contribution in [1.82, 2.24) is 4.90 Å². The molecule has 0 bridgehead atoms. The maximum atomic E-state index is 12.9. The minimum Gasteiger partial charge on any atom is -0.507 e. The molecular weight excluding hydrogens is 346 g/mol. The molecule has 0 atom stereocenters. The molecule has 0 unspecified atom stereocenters. The maximum Gasteiger partial charge on any atom is 0.231 e. The van der Waals surface area contributed by atoms with Crippen molar-refractivity contribution in [2.45, 2.75) is 13.5 Å². The zero-order chi connectivity index (χ0) is 19.7. The van der Waals surface area contributed by atoms with Crippen LogP contribution in [0.4, 0.5) is 0 Å². The van der Waals surface area contributed by atoms with E-state index in [1.165, 1.54) is 0 Å². The lowest BCUT2D eigenvalue weighted by molar-refractivity contribution is 0.101. The van der Waals surface area contributed by atoms with Gasteiger partial charge in [0.15, 0.2) is 5.76 Å². The van der Waals surface area contributed by atoms with E-state index in [4.69, 9.17) is 14.2 Å². The molecule has 27 heavy (non-hydrogen) atoms. The van der Waals surface area contributed by atoms with Gasteiger partial charge in [-0.25, -0.2) is 0 Å². The van der Waals surface area contributed by atoms with Crippen LogP contribution >= 0.6 is 0 Å². The fraction of sp³-hybridized carbons (Fsp3) is 0.286. The predicted molar refractivity (Wildman–Crippen MR) is 103 cm³/mol. The third kappa shape index (κ3) is 3.48. The first kappa shape index (κ1) is 18.8.